The van der Waals surface area contributed by atoms with E-state index in [1.807, 2.05) is 0 Å². The minimum atomic E-state index is -0.155. The highest BCUT2D eigenvalue weighted by atomic mass is 35.5. The van der Waals surface area contributed by atoms with Gasteiger partial charge in [-0.1, -0.05) is 48.5 Å². The zero-order valence-electron chi connectivity index (χ0n) is 12.0. The van der Waals surface area contributed by atoms with Gasteiger partial charge in [-0.3, -0.25) is 4.79 Å². The quantitative estimate of drug-likeness (QED) is 0.867. The number of aliphatic hydroxyl groups excluding tert-OH is 1. The van der Waals surface area contributed by atoms with Crippen LogP contribution in [0.2, 0.25) is 10.0 Å². The molecule has 5 heteroatoms. The lowest BCUT2D eigenvalue weighted by molar-refractivity contribution is -0.121. The van der Waals surface area contributed by atoms with Crippen molar-refractivity contribution in [1.29, 1.82) is 0 Å². The largest absolute Gasteiger partial charge is 0.396 e. The van der Waals surface area contributed by atoms with Crippen LogP contribution >= 0.6 is 23.2 Å². The van der Waals surface area contributed by atoms with Crippen molar-refractivity contribution in [1.82, 2.24) is 5.32 Å². The SMILES string of the molecule is O=C(Cc1c(Cl)cccc1Cl)NCC1(CO)CCCCC1. The van der Waals surface area contributed by atoms with Crippen molar-refractivity contribution in [2.24, 2.45) is 5.41 Å². The van der Waals surface area contributed by atoms with Crippen LogP contribution in [0.4, 0.5) is 0 Å². The van der Waals surface area contributed by atoms with Crippen molar-refractivity contribution in [2.75, 3.05) is 13.2 Å². The highest BCUT2D eigenvalue weighted by molar-refractivity contribution is 6.36. The van der Waals surface area contributed by atoms with Crippen LogP contribution in [0.25, 0.3) is 0 Å². The first kappa shape index (κ1) is 16.6. The molecule has 1 aliphatic carbocycles. The van der Waals surface area contributed by atoms with Gasteiger partial charge < -0.3 is 10.4 Å². The van der Waals surface area contributed by atoms with Gasteiger partial charge in [0.05, 0.1) is 13.0 Å². The van der Waals surface area contributed by atoms with Gasteiger partial charge in [0.15, 0.2) is 0 Å². The Morgan fingerprint density at radius 2 is 1.81 bits per heavy atom. The van der Waals surface area contributed by atoms with E-state index in [0.29, 0.717) is 22.2 Å². The van der Waals surface area contributed by atoms with Gasteiger partial charge in [0.1, 0.15) is 0 Å². The summed E-state index contributed by atoms with van der Waals surface area (Å²) in [6, 6.07) is 5.22. The fourth-order valence-corrected chi connectivity index (χ4v) is 3.43. The smallest absolute Gasteiger partial charge is 0.224 e. The number of halogens is 2. The van der Waals surface area contributed by atoms with Crippen LogP contribution in [0.3, 0.4) is 0 Å². The van der Waals surface area contributed by atoms with E-state index in [2.05, 4.69) is 5.32 Å². The molecular formula is C16H21Cl2NO2. The number of nitrogens with one attached hydrogen (secondary N) is 1. The lowest BCUT2D eigenvalue weighted by atomic mass is 9.74. The molecule has 0 aliphatic heterocycles. The monoisotopic (exact) mass is 329 g/mol. The summed E-state index contributed by atoms with van der Waals surface area (Å²) < 4.78 is 0. The van der Waals surface area contributed by atoms with Crippen LogP contribution in [0, 0.1) is 5.41 Å². The average Bonchev–Trinajstić information content (AvgIpc) is 2.50. The molecule has 0 saturated heterocycles. The number of amides is 1. The lowest BCUT2D eigenvalue weighted by Crippen LogP contribution is -2.41. The Hall–Kier alpha value is -0.770. The first-order valence-electron chi connectivity index (χ1n) is 7.37. The third-order valence-corrected chi connectivity index (χ3v) is 5.02. The Balaban J connectivity index is 1.93. The van der Waals surface area contributed by atoms with Gasteiger partial charge >= 0.3 is 0 Å². The maximum atomic E-state index is 12.1. The molecule has 3 nitrogen and oxygen atoms in total. The maximum Gasteiger partial charge on any atom is 0.224 e. The molecule has 1 saturated carbocycles. The van der Waals surface area contributed by atoms with E-state index in [9.17, 15) is 9.90 Å². The summed E-state index contributed by atoms with van der Waals surface area (Å²) in [5.41, 5.74) is 0.498. The topological polar surface area (TPSA) is 49.3 Å². The summed E-state index contributed by atoms with van der Waals surface area (Å²) in [7, 11) is 0. The third-order valence-electron chi connectivity index (χ3n) is 4.31. The van der Waals surface area contributed by atoms with Gasteiger partial charge in [-0.25, -0.2) is 0 Å². The molecule has 0 bridgehead atoms. The molecule has 1 amide bonds. The molecule has 0 unspecified atom stereocenters. The molecule has 1 fully saturated rings. The number of aliphatic hydroxyl groups is 1. The normalized spacial score (nSPS) is 17.5. The second kappa shape index (κ2) is 7.48. The summed E-state index contributed by atoms with van der Waals surface area (Å²) >= 11 is 12.1. The molecule has 0 radical (unpaired) electrons. The number of rotatable bonds is 5. The molecule has 0 spiro atoms. The molecule has 0 aromatic heterocycles. The van der Waals surface area contributed by atoms with E-state index in [1.165, 1.54) is 6.42 Å². The molecule has 21 heavy (non-hydrogen) atoms. The fraction of sp³-hybridized carbons (Fsp3) is 0.562. The minimum absolute atomic E-state index is 0.108. The van der Waals surface area contributed by atoms with Crippen molar-refractivity contribution < 1.29 is 9.90 Å². The molecule has 1 aromatic carbocycles. The van der Waals surface area contributed by atoms with Gasteiger partial charge in [-0.05, 0) is 30.5 Å². The average molecular weight is 330 g/mol. The maximum absolute atomic E-state index is 12.1. The first-order valence-corrected chi connectivity index (χ1v) is 8.12. The second-order valence-electron chi connectivity index (χ2n) is 5.87. The highest BCUT2D eigenvalue weighted by Crippen LogP contribution is 2.35. The third kappa shape index (κ3) is 4.35. The van der Waals surface area contributed by atoms with Crippen LogP contribution in [-0.2, 0) is 11.2 Å². The zero-order chi connectivity index (χ0) is 15.3. The van der Waals surface area contributed by atoms with E-state index in [1.54, 1.807) is 18.2 Å². The number of carbonyl (C=O) groups excluding carboxylic acids is 1. The van der Waals surface area contributed by atoms with Crippen LogP contribution in [0.15, 0.2) is 18.2 Å². The molecule has 1 aromatic rings. The molecule has 1 aliphatic rings. The summed E-state index contributed by atoms with van der Waals surface area (Å²) in [5.74, 6) is -0.108. The predicted octanol–water partition coefficient (Wildman–Crippen LogP) is 3.59. The van der Waals surface area contributed by atoms with Gasteiger partial charge in [0.25, 0.3) is 0 Å². The highest BCUT2D eigenvalue weighted by Gasteiger charge is 2.31. The van der Waals surface area contributed by atoms with Crippen molar-refractivity contribution in [3.63, 3.8) is 0 Å². The van der Waals surface area contributed by atoms with Gasteiger partial charge in [-0.15, -0.1) is 0 Å². The fourth-order valence-electron chi connectivity index (χ4n) is 2.90. The number of hydrogen-bond acceptors (Lipinski definition) is 2. The molecule has 2 N–H and O–H groups in total. The molecule has 116 valence electrons. The zero-order valence-corrected chi connectivity index (χ0v) is 13.5. The van der Waals surface area contributed by atoms with Crippen LogP contribution in [0.1, 0.15) is 37.7 Å². The Labute approximate surface area is 135 Å². The van der Waals surface area contributed by atoms with Crippen molar-refractivity contribution >= 4 is 29.1 Å². The Morgan fingerprint density at radius 3 is 2.38 bits per heavy atom. The Kier molecular flexibility index (Phi) is 5.91. The summed E-state index contributed by atoms with van der Waals surface area (Å²) in [5, 5.41) is 13.6. The summed E-state index contributed by atoms with van der Waals surface area (Å²) in [6.07, 6.45) is 5.55. The Bertz CT molecular complexity index is 479. The van der Waals surface area contributed by atoms with Crippen LogP contribution in [-0.4, -0.2) is 24.2 Å². The van der Waals surface area contributed by atoms with E-state index in [-0.39, 0.29) is 24.3 Å². The van der Waals surface area contributed by atoms with Crippen molar-refractivity contribution in [2.45, 2.75) is 38.5 Å². The number of hydrogen-bond donors (Lipinski definition) is 2. The molecule has 0 heterocycles. The molecule has 0 atom stereocenters. The summed E-state index contributed by atoms with van der Waals surface area (Å²) in [4.78, 5) is 12.1. The standard InChI is InChI=1S/C16H21Cl2NO2/c17-13-5-4-6-14(18)12(13)9-15(21)19-10-16(11-20)7-2-1-3-8-16/h4-6,20H,1-3,7-11H2,(H,19,21). The lowest BCUT2D eigenvalue weighted by Gasteiger charge is -2.35. The second-order valence-corrected chi connectivity index (χ2v) is 6.69. The van der Waals surface area contributed by atoms with E-state index in [0.717, 1.165) is 25.7 Å². The molecule has 2 rings (SSSR count). The summed E-state index contributed by atoms with van der Waals surface area (Å²) in [6.45, 7) is 0.643. The number of benzene rings is 1. The van der Waals surface area contributed by atoms with Crippen LogP contribution in [0.5, 0.6) is 0 Å². The van der Waals surface area contributed by atoms with E-state index in [4.69, 9.17) is 23.2 Å². The number of carbonyl (C=O) groups is 1. The van der Waals surface area contributed by atoms with Gasteiger partial charge in [-0.2, -0.15) is 0 Å². The predicted molar refractivity (Wildman–Crippen MR) is 85.8 cm³/mol. The van der Waals surface area contributed by atoms with Crippen LogP contribution < -0.4 is 5.32 Å². The molecular weight excluding hydrogens is 309 g/mol. The van der Waals surface area contributed by atoms with Crippen molar-refractivity contribution in [3.05, 3.63) is 33.8 Å². The first-order chi connectivity index (χ1) is 10.1. The van der Waals surface area contributed by atoms with Crippen molar-refractivity contribution in [3.8, 4) is 0 Å². The van der Waals surface area contributed by atoms with Gasteiger partial charge in [0, 0.05) is 22.0 Å². The van der Waals surface area contributed by atoms with Gasteiger partial charge in [0.2, 0.25) is 5.91 Å². The Morgan fingerprint density at radius 1 is 1.19 bits per heavy atom. The van der Waals surface area contributed by atoms with E-state index < -0.39 is 0 Å². The minimum Gasteiger partial charge on any atom is -0.396 e. The van der Waals surface area contributed by atoms with E-state index >= 15 is 0 Å².